The summed E-state index contributed by atoms with van der Waals surface area (Å²) in [4.78, 5) is 18.6. The number of amides is 1. The molecule has 5 heteroatoms. The lowest BCUT2D eigenvalue weighted by molar-refractivity contribution is 0.0788. The highest BCUT2D eigenvalue weighted by atomic mass is 79.9. The average molecular weight is 311 g/mol. The Balaban J connectivity index is 2.06. The number of rotatable bonds is 3. The van der Waals surface area contributed by atoms with Crippen LogP contribution in [0.5, 0.6) is 0 Å². The van der Waals surface area contributed by atoms with E-state index in [-0.39, 0.29) is 5.91 Å². The molecule has 0 saturated heterocycles. The van der Waals surface area contributed by atoms with E-state index in [1.54, 1.807) is 18.1 Å². The summed E-state index contributed by atoms with van der Waals surface area (Å²) in [5.74, 6) is 0.0198. The van der Waals surface area contributed by atoms with Crippen molar-refractivity contribution in [1.82, 2.24) is 9.88 Å². The molecule has 1 amide bonds. The largest absolute Gasteiger partial charge is 0.335 e. The number of thiophene rings is 1. The molecule has 3 nitrogen and oxygen atoms in total. The van der Waals surface area contributed by atoms with Crippen LogP contribution in [0.2, 0.25) is 0 Å². The van der Waals surface area contributed by atoms with Crippen LogP contribution in [0.25, 0.3) is 0 Å². The molecule has 0 unspecified atom stereocenters. The first-order valence-corrected chi connectivity index (χ1v) is 6.68. The van der Waals surface area contributed by atoms with Crippen molar-refractivity contribution in [1.29, 1.82) is 0 Å². The van der Waals surface area contributed by atoms with Gasteiger partial charge in [-0.2, -0.15) is 0 Å². The molecule has 2 aromatic heterocycles. The molecule has 0 fully saturated rings. The normalized spacial score (nSPS) is 10.2. The Kier molecular flexibility index (Phi) is 3.91. The first kappa shape index (κ1) is 12.3. The zero-order chi connectivity index (χ0) is 12.3. The van der Waals surface area contributed by atoms with Gasteiger partial charge in [-0.15, -0.1) is 11.3 Å². The van der Waals surface area contributed by atoms with Crippen LogP contribution < -0.4 is 0 Å². The number of hydrogen-bond acceptors (Lipinski definition) is 3. The zero-order valence-corrected chi connectivity index (χ0v) is 11.7. The van der Waals surface area contributed by atoms with Crippen LogP contribution >= 0.6 is 27.3 Å². The van der Waals surface area contributed by atoms with E-state index in [9.17, 15) is 4.79 Å². The Labute approximate surface area is 112 Å². The number of carbonyl (C=O) groups is 1. The van der Waals surface area contributed by atoms with Crippen LogP contribution in [0.4, 0.5) is 0 Å². The highest BCUT2D eigenvalue weighted by Crippen LogP contribution is 2.23. The third-order valence-electron chi connectivity index (χ3n) is 2.26. The van der Waals surface area contributed by atoms with Crippen molar-refractivity contribution in [2.24, 2.45) is 0 Å². The van der Waals surface area contributed by atoms with Crippen molar-refractivity contribution < 1.29 is 4.79 Å². The summed E-state index contributed by atoms with van der Waals surface area (Å²) < 4.78 is 0.965. The number of nitrogens with zero attached hydrogens (tertiary/aromatic N) is 2. The Morgan fingerprint density at radius 1 is 1.41 bits per heavy atom. The maximum atomic E-state index is 12.1. The molecule has 0 aliphatic carbocycles. The van der Waals surface area contributed by atoms with Crippen LogP contribution in [0.3, 0.4) is 0 Å². The zero-order valence-electron chi connectivity index (χ0n) is 9.26. The smallest absolute Gasteiger partial charge is 0.264 e. The summed E-state index contributed by atoms with van der Waals surface area (Å²) in [6.45, 7) is 0.523. The van der Waals surface area contributed by atoms with E-state index in [0.717, 1.165) is 14.4 Å². The molecule has 0 bridgehead atoms. The fourth-order valence-electron chi connectivity index (χ4n) is 1.42. The summed E-state index contributed by atoms with van der Waals surface area (Å²) in [6.07, 6.45) is 1.73. The topological polar surface area (TPSA) is 33.2 Å². The highest BCUT2D eigenvalue weighted by molar-refractivity contribution is 9.11. The molecule has 88 valence electrons. The molecule has 0 aromatic carbocycles. The van der Waals surface area contributed by atoms with Gasteiger partial charge in [0, 0.05) is 13.2 Å². The molecule has 2 heterocycles. The van der Waals surface area contributed by atoms with Crippen LogP contribution in [-0.4, -0.2) is 22.8 Å². The van der Waals surface area contributed by atoms with Gasteiger partial charge >= 0.3 is 0 Å². The summed E-state index contributed by atoms with van der Waals surface area (Å²) >= 11 is 4.79. The van der Waals surface area contributed by atoms with Crippen LogP contribution in [0.1, 0.15) is 15.4 Å². The molecular formula is C12H11BrN2OS. The van der Waals surface area contributed by atoms with Gasteiger partial charge in [0.1, 0.15) is 0 Å². The molecule has 17 heavy (non-hydrogen) atoms. The van der Waals surface area contributed by atoms with Gasteiger partial charge in [0.2, 0.25) is 0 Å². The van der Waals surface area contributed by atoms with Crippen molar-refractivity contribution in [3.8, 4) is 0 Å². The van der Waals surface area contributed by atoms with Crippen LogP contribution in [0.15, 0.2) is 40.3 Å². The quantitative estimate of drug-likeness (QED) is 0.872. The third kappa shape index (κ3) is 3.14. The lowest BCUT2D eigenvalue weighted by Crippen LogP contribution is -2.25. The van der Waals surface area contributed by atoms with Gasteiger partial charge in [-0.05, 0) is 40.2 Å². The minimum absolute atomic E-state index is 0.0198. The molecule has 0 saturated carbocycles. The molecule has 0 N–H and O–H groups in total. The Morgan fingerprint density at radius 2 is 2.24 bits per heavy atom. The van der Waals surface area contributed by atoms with E-state index in [0.29, 0.717) is 6.54 Å². The van der Waals surface area contributed by atoms with Gasteiger partial charge in [0.15, 0.2) is 0 Å². The molecule has 0 atom stereocenters. The summed E-state index contributed by atoms with van der Waals surface area (Å²) in [6, 6.07) is 9.40. The maximum absolute atomic E-state index is 12.1. The lowest BCUT2D eigenvalue weighted by atomic mass is 10.3. The summed E-state index contributed by atoms with van der Waals surface area (Å²) in [5, 5.41) is 0. The minimum Gasteiger partial charge on any atom is -0.335 e. The van der Waals surface area contributed by atoms with Gasteiger partial charge in [-0.1, -0.05) is 6.07 Å². The molecule has 0 spiro atoms. The predicted molar refractivity (Wildman–Crippen MR) is 72.1 cm³/mol. The van der Waals surface area contributed by atoms with Gasteiger partial charge in [0.25, 0.3) is 5.91 Å². The van der Waals surface area contributed by atoms with Crippen LogP contribution in [-0.2, 0) is 6.54 Å². The lowest BCUT2D eigenvalue weighted by Gasteiger charge is -2.15. The van der Waals surface area contributed by atoms with E-state index in [4.69, 9.17) is 0 Å². The SMILES string of the molecule is CN(Cc1ccccn1)C(=O)c1ccc(Br)s1. The highest BCUT2D eigenvalue weighted by Gasteiger charge is 2.14. The van der Waals surface area contributed by atoms with Crippen molar-refractivity contribution >= 4 is 33.2 Å². The van der Waals surface area contributed by atoms with Gasteiger partial charge in [0.05, 0.1) is 20.9 Å². The molecular weight excluding hydrogens is 300 g/mol. The van der Waals surface area contributed by atoms with Crippen molar-refractivity contribution in [2.45, 2.75) is 6.54 Å². The van der Waals surface area contributed by atoms with Crippen LogP contribution in [0, 0.1) is 0 Å². The first-order chi connectivity index (χ1) is 8.16. The van der Waals surface area contributed by atoms with E-state index >= 15 is 0 Å². The number of carbonyl (C=O) groups excluding carboxylic acids is 1. The summed E-state index contributed by atoms with van der Waals surface area (Å²) in [5.41, 5.74) is 0.888. The molecule has 0 aliphatic heterocycles. The number of hydrogen-bond donors (Lipinski definition) is 0. The Bertz CT molecular complexity index is 512. The number of pyridine rings is 1. The minimum atomic E-state index is 0.0198. The molecule has 0 radical (unpaired) electrons. The van der Waals surface area contributed by atoms with Crippen molar-refractivity contribution in [3.63, 3.8) is 0 Å². The molecule has 0 aliphatic rings. The van der Waals surface area contributed by atoms with Gasteiger partial charge in [-0.3, -0.25) is 9.78 Å². The van der Waals surface area contributed by atoms with Crippen molar-refractivity contribution in [3.05, 3.63) is 50.9 Å². The number of aromatic nitrogens is 1. The maximum Gasteiger partial charge on any atom is 0.264 e. The fourth-order valence-corrected chi connectivity index (χ4v) is 2.80. The second-order valence-electron chi connectivity index (χ2n) is 3.59. The third-order valence-corrected chi connectivity index (χ3v) is 3.87. The Morgan fingerprint density at radius 3 is 2.82 bits per heavy atom. The van der Waals surface area contributed by atoms with E-state index in [1.807, 2.05) is 30.3 Å². The second kappa shape index (κ2) is 5.42. The Hall–Kier alpha value is -1.20. The summed E-state index contributed by atoms with van der Waals surface area (Å²) in [7, 11) is 1.78. The van der Waals surface area contributed by atoms with E-state index < -0.39 is 0 Å². The van der Waals surface area contributed by atoms with E-state index in [2.05, 4.69) is 20.9 Å². The second-order valence-corrected chi connectivity index (χ2v) is 6.05. The fraction of sp³-hybridized carbons (Fsp3) is 0.167. The molecule has 2 rings (SSSR count). The van der Waals surface area contributed by atoms with Gasteiger partial charge in [-0.25, -0.2) is 0 Å². The molecule has 2 aromatic rings. The first-order valence-electron chi connectivity index (χ1n) is 5.07. The monoisotopic (exact) mass is 310 g/mol. The van der Waals surface area contributed by atoms with Crippen molar-refractivity contribution in [2.75, 3.05) is 7.05 Å². The predicted octanol–water partition coefficient (Wildman–Crippen LogP) is 3.18. The van der Waals surface area contributed by atoms with E-state index in [1.165, 1.54) is 11.3 Å². The van der Waals surface area contributed by atoms with Gasteiger partial charge < -0.3 is 4.90 Å². The number of halogens is 1. The average Bonchev–Trinajstić information content (AvgIpc) is 2.76. The standard InChI is InChI=1S/C12H11BrN2OS/c1-15(8-9-4-2-3-7-14-9)12(16)10-5-6-11(13)17-10/h2-7H,8H2,1H3.